The van der Waals surface area contributed by atoms with Crippen molar-refractivity contribution in [3.63, 3.8) is 0 Å². The Balaban J connectivity index is 1.83. The van der Waals surface area contributed by atoms with Crippen LogP contribution in [-0.4, -0.2) is 19.6 Å². The summed E-state index contributed by atoms with van der Waals surface area (Å²) in [7, 11) is 2.08. The molecule has 0 radical (unpaired) electrons. The lowest BCUT2D eigenvalue weighted by atomic mass is 9.86. The van der Waals surface area contributed by atoms with Crippen LogP contribution in [-0.2, 0) is 0 Å². The molecule has 1 saturated carbocycles. The Bertz CT molecular complexity index is 379. The molecule has 0 spiro atoms. The van der Waals surface area contributed by atoms with Gasteiger partial charge < -0.3 is 10.6 Å². The summed E-state index contributed by atoms with van der Waals surface area (Å²) in [6.07, 6.45) is 5.36. The van der Waals surface area contributed by atoms with E-state index in [1.165, 1.54) is 42.5 Å². The number of nitrogens with one attached hydrogen (secondary N) is 2. The minimum atomic E-state index is 0.752. The maximum atomic E-state index is 3.64. The third-order valence-electron chi connectivity index (χ3n) is 4.44. The van der Waals surface area contributed by atoms with Gasteiger partial charge >= 0.3 is 0 Å². The first-order valence-electron chi connectivity index (χ1n) is 7.18. The van der Waals surface area contributed by atoms with Gasteiger partial charge in [-0.25, -0.2) is 0 Å². The van der Waals surface area contributed by atoms with E-state index in [1.807, 2.05) is 0 Å². The Hall–Kier alpha value is -1.02. The monoisotopic (exact) mass is 246 g/mol. The van der Waals surface area contributed by atoms with Crippen molar-refractivity contribution in [1.82, 2.24) is 5.32 Å². The van der Waals surface area contributed by atoms with Crippen molar-refractivity contribution < 1.29 is 0 Å². The van der Waals surface area contributed by atoms with Gasteiger partial charge in [-0.15, -0.1) is 0 Å². The molecule has 0 bridgehead atoms. The quantitative estimate of drug-likeness (QED) is 0.849. The van der Waals surface area contributed by atoms with Crippen LogP contribution in [0.4, 0.5) is 5.69 Å². The fourth-order valence-corrected chi connectivity index (χ4v) is 2.85. The van der Waals surface area contributed by atoms with Crippen LogP contribution in [0.3, 0.4) is 0 Å². The Morgan fingerprint density at radius 1 is 1.11 bits per heavy atom. The molecule has 1 aliphatic carbocycles. The average molecular weight is 246 g/mol. The summed E-state index contributed by atoms with van der Waals surface area (Å²) in [5.74, 6) is 0.842. The van der Waals surface area contributed by atoms with Crippen LogP contribution in [0, 0.1) is 19.8 Å². The van der Waals surface area contributed by atoms with Crippen LogP contribution in [0.1, 0.15) is 36.8 Å². The van der Waals surface area contributed by atoms with Crippen molar-refractivity contribution in [1.29, 1.82) is 0 Å². The summed E-state index contributed by atoms with van der Waals surface area (Å²) in [5, 5.41) is 7.03. The van der Waals surface area contributed by atoms with Crippen molar-refractivity contribution in [2.45, 2.75) is 45.6 Å². The summed E-state index contributed by atoms with van der Waals surface area (Å²) in [6, 6.07) is 7.27. The van der Waals surface area contributed by atoms with E-state index in [0.717, 1.165) is 18.5 Å². The zero-order chi connectivity index (χ0) is 13.0. The highest BCUT2D eigenvalue weighted by Crippen LogP contribution is 2.25. The van der Waals surface area contributed by atoms with E-state index in [2.05, 4.69) is 49.7 Å². The summed E-state index contributed by atoms with van der Waals surface area (Å²) in [5.41, 5.74) is 4.08. The van der Waals surface area contributed by atoms with E-state index in [1.54, 1.807) is 0 Å². The first-order valence-corrected chi connectivity index (χ1v) is 7.18. The third-order valence-corrected chi connectivity index (χ3v) is 4.44. The van der Waals surface area contributed by atoms with E-state index in [0.29, 0.717) is 0 Å². The van der Waals surface area contributed by atoms with Gasteiger partial charge in [0.05, 0.1) is 0 Å². The maximum Gasteiger partial charge on any atom is 0.0372 e. The molecule has 2 heteroatoms. The van der Waals surface area contributed by atoms with E-state index in [4.69, 9.17) is 0 Å². The Morgan fingerprint density at radius 3 is 2.50 bits per heavy atom. The molecule has 1 aromatic rings. The average Bonchev–Trinajstić information content (AvgIpc) is 2.41. The molecular formula is C16H26N2. The van der Waals surface area contributed by atoms with Crippen molar-refractivity contribution >= 4 is 5.69 Å². The molecule has 0 amide bonds. The Labute approximate surface area is 111 Å². The van der Waals surface area contributed by atoms with Gasteiger partial charge in [-0.05, 0) is 69.7 Å². The summed E-state index contributed by atoms with van der Waals surface area (Å²) >= 11 is 0. The number of aryl methyl sites for hydroxylation is 1. The summed E-state index contributed by atoms with van der Waals surface area (Å²) in [6.45, 7) is 5.51. The predicted molar refractivity (Wildman–Crippen MR) is 79.2 cm³/mol. The SMILES string of the molecule is CNC1CCC(CNc2cccc(C)c2C)CC1. The van der Waals surface area contributed by atoms with Crippen molar-refractivity contribution in [2.75, 3.05) is 18.9 Å². The fraction of sp³-hybridized carbons (Fsp3) is 0.625. The lowest BCUT2D eigenvalue weighted by Crippen LogP contribution is -2.32. The van der Waals surface area contributed by atoms with E-state index < -0.39 is 0 Å². The van der Waals surface area contributed by atoms with E-state index in [9.17, 15) is 0 Å². The molecule has 0 heterocycles. The number of benzene rings is 1. The lowest BCUT2D eigenvalue weighted by Gasteiger charge is -2.28. The number of rotatable bonds is 4. The van der Waals surface area contributed by atoms with Crippen LogP contribution >= 0.6 is 0 Å². The standard InChI is InChI=1S/C16H26N2/c1-12-5-4-6-16(13(12)2)18-11-14-7-9-15(17-3)10-8-14/h4-6,14-15,17-18H,7-11H2,1-3H3. The van der Waals surface area contributed by atoms with Crippen LogP contribution in [0.5, 0.6) is 0 Å². The topological polar surface area (TPSA) is 24.1 Å². The zero-order valence-corrected chi connectivity index (χ0v) is 11.9. The van der Waals surface area contributed by atoms with Gasteiger partial charge in [-0.2, -0.15) is 0 Å². The highest BCUT2D eigenvalue weighted by molar-refractivity contribution is 5.53. The van der Waals surface area contributed by atoms with Gasteiger partial charge in [0.15, 0.2) is 0 Å². The first kappa shape index (κ1) is 13.4. The van der Waals surface area contributed by atoms with Gasteiger partial charge in [0.1, 0.15) is 0 Å². The fourth-order valence-electron chi connectivity index (χ4n) is 2.85. The molecular weight excluding hydrogens is 220 g/mol. The molecule has 0 atom stereocenters. The first-order chi connectivity index (χ1) is 8.70. The zero-order valence-electron chi connectivity index (χ0n) is 11.9. The van der Waals surface area contributed by atoms with Gasteiger partial charge in [0.25, 0.3) is 0 Å². The van der Waals surface area contributed by atoms with E-state index >= 15 is 0 Å². The van der Waals surface area contributed by atoms with Crippen LogP contribution in [0.15, 0.2) is 18.2 Å². The molecule has 1 aliphatic rings. The molecule has 0 aromatic heterocycles. The highest BCUT2D eigenvalue weighted by Gasteiger charge is 2.19. The van der Waals surface area contributed by atoms with Gasteiger partial charge in [0, 0.05) is 18.3 Å². The normalized spacial score (nSPS) is 23.9. The molecule has 100 valence electrons. The second-order valence-electron chi connectivity index (χ2n) is 5.63. The third kappa shape index (κ3) is 3.26. The van der Waals surface area contributed by atoms with Gasteiger partial charge in [0.2, 0.25) is 0 Å². The molecule has 1 fully saturated rings. The van der Waals surface area contributed by atoms with Crippen LogP contribution < -0.4 is 10.6 Å². The van der Waals surface area contributed by atoms with Crippen molar-refractivity contribution in [3.05, 3.63) is 29.3 Å². The smallest absolute Gasteiger partial charge is 0.0372 e. The number of anilines is 1. The van der Waals surface area contributed by atoms with E-state index in [-0.39, 0.29) is 0 Å². The molecule has 0 aliphatic heterocycles. The van der Waals surface area contributed by atoms with Crippen molar-refractivity contribution in [3.8, 4) is 0 Å². The Morgan fingerprint density at radius 2 is 1.83 bits per heavy atom. The van der Waals surface area contributed by atoms with Gasteiger partial charge in [-0.1, -0.05) is 12.1 Å². The van der Waals surface area contributed by atoms with Crippen LogP contribution in [0.2, 0.25) is 0 Å². The summed E-state index contributed by atoms with van der Waals surface area (Å²) < 4.78 is 0. The molecule has 2 N–H and O–H groups in total. The molecule has 18 heavy (non-hydrogen) atoms. The van der Waals surface area contributed by atoms with Gasteiger partial charge in [-0.3, -0.25) is 0 Å². The number of hydrogen-bond acceptors (Lipinski definition) is 2. The predicted octanol–water partition coefficient (Wildman–Crippen LogP) is 3.49. The Kier molecular flexibility index (Phi) is 4.65. The molecule has 0 saturated heterocycles. The van der Waals surface area contributed by atoms with Crippen LogP contribution in [0.25, 0.3) is 0 Å². The van der Waals surface area contributed by atoms with Crippen molar-refractivity contribution in [2.24, 2.45) is 5.92 Å². The maximum absolute atomic E-state index is 3.64. The molecule has 0 unspecified atom stereocenters. The highest BCUT2D eigenvalue weighted by atomic mass is 14.9. The summed E-state index contributed by atoms with van der Waals surface area (Å²) in [4.78, 5) is 0. The molecule has 2 nitrogen and oxygen atoms in total. The second kappa shape index (κ2) is 6.24. The largest absolute Gasteiger partial charge is 0.385 e. The molecule has 1 aromatic carbocycles. The second-order valence-corrected chi connectivity index (χ2v) is 5.63. The number of hydrogen-bond donors (Lipinski definition) is 2. The lowest BCUT2D eigenvalue weighted by molar-refractivity contribution is 0.312. The minimum Gasteiger partial charge on any atom is -0.385 e. The molecule has 2 rings (SSSR count). The minimum absolute atomic E-state index is 0.752.